The maximum Gasteiger partial charge on any atom is 0.341 e. The minimum absolute atomic E-state index is 0.178. The summed E-state index contributed by atoms with van der Waals surface area (Å²) < 4.78 is 0. The van der Waals surface area contributed by atoms with Gasteiger partial charge in [-0.15, -0.1) is 0 Å². The van der Waals surface area contributed by atoms with Crippen LogP contribution in [0.25, 0.3) is 0 Å². The van der Waals surface area contributed by atoms with E-state index >= 15 is 0 Å². The number of aromatic nitrogens is 1. The molecule has 0 amide bonds. The topological polar surface area (TPSA) is 70.2 Å². The summed E-state index contributed by atoms with van der Waals surface area (Å²) in [4.78, 5) is 25.0. The van der Waals surface area contributed by atoms with Crippen LogP contribution >= 0.6 is 0 Å². The average Bonchev–Trinajstić information content (AvgIpc) is 2.56. The normalized spacial score (nSPS) is 17.6. The van der Waals surface area contributed by atoms with E-state index in [0.29, 0.717) is 5.92 Å². The molecule has 1 aliphatic carbocycles. The van der Waals surface area contributed by atoms with Crippen molar-refractivity contribution in [2.75, 3.05) is 0 Å². The number of carbonyl (C=O) groups is 1. The van der Waals surface area contributed by atoms with Gasteiger partial charge in [0.15, 0.2) is 0 Å². The fourth-order valence-electron chi connectivity index (χ4n) is 2.49. The van der Waals surface area contributed by atoms with Gasteiger partial charge in [-0.3, -0.25) is 4.79 Å². The molecule has 4 heteroatoms. The monoisotopic (exact) mass is 235 g/mol. The maximum atomic E-state index is 11.6. The lowest BCUT2D eigenvalue weighted by atomic mass is 9.96. The number of rotatable bonds is 2. The van der Waals surface area contributed by atoms with Crippen molar-refractivity contribution in [2.45, 2.75) is 44.4 Å². The number of aromatic amines is 1. The lowest BCUT2D eigenvalue weighted by Crippen LogP contribution is -2.19. The van der Waals surface area contributed by atoms with E-state index in [1.165, 1.54) is 31.7 Å². The highest BCUT2D eigenvalue weighted by Crippen LogP contribution is 2.29. The second-order valence-electron chi connectivity index (χ2n) is 4.65. The third-order valence-corrected chi connectivity index (χ3v) is 3.46. The summed E-state index contributed by atoms with van der Waals surface area (Å²) in [6.45, 7) is 0. The smallest absolute Gasteiger partial charge is 0.341 e. The van der Waals surface area contributed by atoms with Crippen LogP contribution in [0.3, 0.4) is 0 Å². The number of pyridine rings is 1. The van der Waals surface area contributed by atoms with E-state index in [4.69, 9.17) is 5.11 Å². The molecule has 1 heterocycles. The number of hydrogen-bond donors (Lipinski definition) is 2. The zero-order valence-corrected chi connectivity index (χ0v) is 9.74. The first kappa shape index (κ1) is 11.9. The number of carboxylic acid groups (broad SMARTS) is 1. The van der Waals surface area contributed by atoms with Crippen LogP contribution in [-0.2, 0) is 0 Å². The maximum absolute atomic E-state index is 11.6. The van der Waals surface area contributed by atoms with Gasteiger partial charge in [0.25, 0.3) is 5.56 Å². The number of hydrogen-bond acceptors (Lipinski definition) is 2. The van der Waals surface area contributed by atoms with Crippen LogP contribution in [0.5, 0.6) is 0 Å². The molecule has 17 heavy (non-hydrogen) atoms. The van der Waals surface area contributed by atoms with E-state index < -0.39 is 11.5 Å². The Bertz CT molecular complexity index is 456. The Kier molecular flexibility index (Phi) is 3.61. The van der Waals surface area contributed by atoms with E-state index in [9.17, 15) is 9.59 Å². The van der Waals surface area contributed by atoms with E-state index in [-0.39, 0.29) is 5.56 Å². The third-order valence-electron chi connectivity index (χ3n) is 3.46. The highest BCUT2D eigenvalue weighted by molar-refractivity contribution is 5.86. The highest BCUT2D eigenvalue weighted by Gasteiger charge is 2.17. The molecular formula is C13H17NO3. The largest absolute Gasteiger partial charge is 0.477 e. The quantitative estimate of drug-likeness (QED) is 0.774. The minimum Gasteiger partial charge on any atom is -0.477 e. The van der Waals surface area contributed by atoms with Crippen LogP contribution in [-0.4, -0.2) is 16.1 Å². The Morgan fingerprint density at radius 3 is 2.35 bits per heavy atom. The summed E-state index contributed by atoms with van der Waals surface area (Å²) >= 11 is 0. The summed E-state index contributed by atoms with van der Waals surface area (Å²) in [6, 6.07) is 3.17. The van der Waals surface area contributed by atoms with E-state index in [1.807, 2.05) is 0 Å². The molecule has 2 N–H and O–H groups in total. The van der Waals surface area contributed by atoms with Gasteiger partial charge in [0.2, 0.25) is 0 Å². The number of H-pyrrole nitrogens is 1. The first-order valence-corrected chi connectivity index (χ1v) is 6.15. The first-order chi connectivity index (χ1) is 8.18. The molecule has 0 aromatic carbocycles. The molecule has 1 saturated carbocycles. The van der Waals surface area contributed by atoms with Gasteiger partial charge >= 0.3 is 5.97 Å². The van der Waals surface area contributed by atoms with Gasteiger partial charge < -0.3 is 10.1 Å². The van der Waals surface area contributed by atoms with Gasteiger partial charge in [-0.05, 0) is 30.9 Å². The predicted molar refractivity (Wildman–Crippen MR) is 64.5 cm³/mol. The Labute approximate surface area is 99.7 Å². The molecule has 0 atom stereocenters. The van der Waals surface area contributed by atoms with Crippen molar-refractivity contribution in [3.8, 4) is 0 Å². The van der Waals surface area contributed by atoms with E-state index in [2.05, 4.69) is 4.98 Å². The second kappa shape index (κ2) is 5.17. The van der Waals surface area contributed by atoms with Gasteiger partial charge in [-0.25, -0.2) is 4.79 Å². The Balaban J connectivity index is 2.24. The van der Waals surface area contributed by atoms with Gasteiger partial charge in [0, 0.05) is 5.69 Å². The lowest BCUT2D eigenvalue weighted by Gasteiger charge is -2.13. The summed E-state index contributed by atoms with van der Waals surface area (Å²) in [5.41, 5.74) is 0.225. The molecule has 4 nitrogen and oxygen atoms in total. The summed E-state index contributed by atoms with van der Waals surface area (Å²) in [5.74, 6) is -0.785. The van der Waals surface area contributed by atoms with Gasteiger partial charge in [0.05, 0.1) is 0 Å². The van der Waals surface area contributed by atoms with Crippen LogP contribution in [0.2, 0.25) is 0 Å². The van der Waals surface area contributed by atoms with Gasteiger partial charge in [-0.2, -0.15) is 0 Å². The molecule has 2 rings (SSSR count). The lowest BCUT2D eigenvalue weighted by molar-refractivity contribution is 0.0695. The molecule has 1 aromatic rings. The first-order valence-electron chi connectivity index (χ1n) is 6.15. The number of carboxylic acids is 1. The molecule has 0 aliphatic heterocycles. The third kappa shape index (κ3) is 2.75. The molecule has 0 bridgehead atoms. The summed E-state index contributed by atoms with van der Waals surface area (Å²) in [6.07, 6.45) is 7.06. The van der Waals surface area contributed by atoms with Gasteiger partial charge in [0.1, 0.15) is 5.56 Å². The van der Waals surface area contributed by atoms with Crippen LogP contribution in [0.15, 0.2) is 16.9 Å². The van der Waals surface area contributed by atoms with Crippen LogP contribution < -0.4 is 5.56 Å². The molecule has 1 aliphatic rings. The SMILES string of the molecule is O=C(O)c1ccc(C2CCCCCC2)[nH]c1=O. The molecular weight excluding hydrogens is 218 g/mol. The molecule has 0 radical (unpaired) electrons. The fraction of sp³-hybridized carbons (Fsp3) is 0.538. The fourth-order valence-corrected chi connectivity index (χ4v) is 2.49. The van der Waals surface area contributed by atoms with Crippen LogP contribution in [0, 0.1) is 0 Å². The zero-order valence-electron chi connectivity index (χ0n) is 9.74. The Morgan fingerprint density at radius 1 is 1.18 bits per heavy atom. The van der Waals surface area contributed by atoms with Crippen molar-refractivity contribution >= 4 is 5.97 Å². The standard InChI is InChI=1S/C13H17NO3/c15-12-10(13(16)17)7-8-11(14-12)9-5-3-1-2-4-6-9/h7-9H,1-6H2,(H,14,15)(H,16,17). The molecule has 0 saturated heterocycles. The van der Waals surface area contributed by atoms with Gasteiger partial charge in [-0.1, -0.05) is 25.7 Å². The van der Waals surface area contributed by atoms with E-state index in [1.54, 1.807) is 6.07 Å². The minimum atomic E-state index is -1.17. The second-order valence-corrected chi connectivity index (χ2v) is 4.65. The van der Waals surface area contributed by atoms with Crippen molar-refractivity contribution in [2.24, 2.45) is 0 Å². The van der Waals surface area contributed by atoms with Crippen molar-refractivity contribution in [3.63, 3.8) is 0 Å². The van der Waals surface area contributed by atoms with Crippen molar-refractivity contribution in [3.05, 3.63) is 33.7 Å². The molecule has 92 valence electrons. The highest BCUT2D eigenvalue weighted by atomic mass is 16.4. The molecule has 0 unspecified atom stereocenters. The number of aromatic carboxylic acids is 1. The zero-order chi connectivity index (χ0) is 12.3. The summed E-state index contributed by atoms with van der Waals surface area (Å²) in [7, 11) is 0. The van der Waals surface area contributed by atoms with Crippen molar-refractivity contribution in [1.29, 1.82) is 0 Å². The molecule has 0 spiro atoms. The number of nitrogens with one attached hydrogen (secondary N) is 1. The molecule has 1 fully saturated rings. The van der Waals surface area contributed by atoms with Crippen molar-refractivity contribution < 1.29 is 9.90 Å². The van der Waals surface area contributed by atoms with Crippen LogP contribution in [0.1, 0.15) is 60.5 Å². The predicted octanol–water partition coefficient (Wildman–Crippen LogP) is 2.51. The summed E-state index contributed by atoms with van der Waals surface area (Å²) in [5, 5.41) is 8.79. The van der Waals surface area contributed by atoms with Crippen molar-refractivity contribution in [1.82, 2.24) is 4.98 Å². The average molecular weight is 235 g/mol. The van der Waals surface area contributed by atoms with Crippen LogP contribution in [0.4, 0.5) is 0 Å². The molecule has 1 aromatic heterocycles. The Hall–Kier alpha value is -1.58. The Morgan fingerprint density at radius 2 is 1.82 bits per heavy atom. The van der Waals surface area contributed by atoms with E-state index in [0.717, 1.165) is 18.5 Å².